The van der Waals surface area contributed by atoms with Crippen LogP contribution in [-0.2, 0) is 6.54 Å². The molecular formula is C12H11N3O2. The first-order chi connectivity index (χ1) is 8.25. The molecule has 0 spiro atoms. The van der Waals surface area contributed by atoms with Crippen LogP contribution in [0.5, 0.6) is 0 Å². The summed E-state index contributed by atoms with van der Waals surface area (Å²) >= 11 is 0. The zero-order valence-electron chi connectivity index (χ0n) is 9.00. The van der Waals surface area contributed by atoms with E-state index in [9.17, 15) is 4.79 Å². The summed E-state index contributed by atoms with van der Waals surface area (Å²) in [6.45, 7) is 0.582. The summed E-state index contributed by atoms with van der Waals surface area (Å²) in [6, 6.07) is 8.61. The van der Waals surface area contributed by atoms with Crippen LogP contribution >= 0.6 is 0 Å². The minimum Gasteiger partial charge on any atom is -0.477 e. The first-order valence-corrected chi connectivity index (χ1v) is 5.09. The highest BCUT2D eigenvalue weighted by Gasteiger charge is 2.04. The quantitative estimate of drug-likeness (QED) is 0.835. The lowest BCUT2D eigenvalue weighted by molar-refractivity contribution is 0.0690. The number of hydrogen-bond acceptors (Lipinski definition) is 4. The topological polar surface area (TPSA) is 75.1 Å². The van der Waals surface area contributed by atoms with Crippen molar-refractivity contribution in [2.75, 3.05) is 5.32 Å². The van der Waals surface area contributed by atoms with Crippen LogP contribution < -0.4 is 5.32 Å². The molecule has 5 nitrogen and oxygen atoms in total. The second kappa shape index (κ2) is 5.07. The van der Waals surface area contributed by atoms with Gasteiger partial charge in [0.15, 0.2) is 5.69 Å². The predicted molar refractivity (Wildman–Crippen MR) is 62.8 cm³/mol. The molecule has 0 aliphatic rings. The average Bonchev–Trinajstić information content (AvgIpc) is 2.38. The van der Waals surface area contributed by atoms with Gasteiger partial charge < -0.3 is 10.4 Å². The molecule has 86 valence electrons. The van der Waals surface area contributed by atoms with Crippen molar-refractivity contribution >= 4 is 11.8 Å². The second-order valence-corrected chi connectivity index (χ2v) is 3.42. The normalized spacial score (nSPS) is 9.88. The van der Waals surface area contributed by atoms with Gasteiger partial charge in [0.1, 0.15) is 5.82 Å². The molecule has 0 aromatic carbocycles. The summed E-state index contributed by atoms with van der Waals surface area (Å²) in [7, 11) is 0. The Bertz CT molecular complexity index is 514. The number of nitrogens with zero attached hydrogens (tertiary/aromatic N) is 2. The van der Waals surface area contributed by atoms with Gasteiger partial charge in [-0.2, -0.15) is 0 Å². The van der Waals surface area contributed by atoms with Gasteiger partial charge in [-0.3, -0.25) is 4.98 Å². The SMILES string of the molecule is O=C(O)c1cccc(NCc2ccncc2)n1. The molecule has 0 bridgehead atoms. The maximum absolute atomic E-state index is 10.7. The smallest absolute Gasteiger partial charge is 0.354 e. The fourth-order valence-corrected chi connectivity index (χ4v) is 1.35. The largest absolute Gasteiger partial charge is 0.477 e. The number of aromatic carboxylic acids is 1. The number of rotatable bonds is 4. The van der Waals surface area contributed by atoms with E-state index in [1.165, 1.54) is 6.07 Å². The minimum absolute atomic E-state index is 0.0322. The first kappa shape index (κ1) is 11.1. The summed E-state index contributed by atoms with van der Waals surface area (Å²) in [5.41, 5.74) is 1.09. The van der Waals surface area contributed by atoms with Crippen LogP contribution in [0.25, 0.3) is 0 Å². The summed E-state index contributed by atoms with van der Waals surface area (Å²) < 4.78 is 0. The molecule has 2 N–H and O–H groups in total. The molecule has 0 unspecified atom stereocenters. The van der Waals surface area contributed by atoms with Crippen molar-refractivity contribution in [3.63, 3.8) is 0 Å². The van der Waals surface area contributed by atoms with E-state index in [2.05, 4.69) is 15.3 Å². The molecule has 0 saturated carbocycles. The molecule has 2 heterocycles. The maximum Gasteiger partial charge on any atom is 0.354 e. The van der Waals surface area contributed by atoms with E-state index in [1.54, 1.807) is 24.5 Å². The fourth-order valence-electron chi connectivity index (χ4n) is 1.35. The van der Waals surface area contributed by atoms with Crippen molar-refractivity contribution in [2.45, 2.75) is 6.54 Å². The predicted octanol–water partition coefficient (Wildman–Crippen LogP) is 1.79. The molecule has 0 atom stereocenters. The van der Waals surface area contributed by atoms with Crippen LogP contribution in [0, 0.1) is 0 Å². The van der Waals surface area contributed by atoms with E-state index < -0.39 is 5.97 Å². The Morgan fingerprint density at radius 1 is 1.24 bits per heavy atom. The molecule has 2 rings (SSSR count). The summed E-state index contributed by atoms with van der Waals surface area (Å²) in [4.78, 5) is 18.6. The molecule has 0 aliphatic carbocycles. The first-order valence-electron chi connectivity index (χ1n) is 5.09. The number of hydrogen-bond donors (Lipinski definition) is 2. The van der Waals surface area contributed by atoms with E-state index >= 15 is 0 Å². The summed E-state index contributed by atoms with van der Waals surface area (Å²) in [6.07, 6.45) is 3.41. The van der Waals surface area contributed by atoms with Crippen LogP contribution in [0.15, 0.2) is 42.7 Å². The highest BCUT2D eigenvalue weighted by molar-refractivity contribution is 5.85. The highest BCUT2D eigenvalue weighted by Crippen LogP contribution is 2.07. The fraction of sp³-hybridized carbons (Fsp3) is 0.0833. The average molecular weight is 229 g/mol. The molecule has 0 amide bonds. The Morgan fingerprint density at radius 2 is 2.00 bits per heavy atom. The Kier molecular flexibility index (Phi) is 3.30. The van der Waals surface area contributed by atoms with Gasteiger partial charge in [0.25, 0.3) is 0 Å². The number of carboxylic acids is 1. The number of aromatic nitrogens is 2. The molecule has 0 fully saturated rings. The van der Waals surface area contributed by atoms with Crippen molar-refractivity contribution in [2.24, 2.45) is 0 Å². The number of nitrogens with one attached hydrogen (secondary N) is 1. The van der Waals surface area contributed by atoms with E-state index in [0.29, 0.717) is 12.4 Å². The van der Waals surface area contributed by atoms with Gasteiger partial charge in [-0.25, -0.2) is 9.78 Å². The van der Waals surface area contributed by atoms with Crippen molar-refractivity contribution in [1.29, 1.82) is 0 Å². The highest BCUT2D eigenvalue weighted by atomic mass is 16.4. The monoisotopic (exact) mass is 229 g/mol. The zero-order chi connectivity index (χ0) is 12.1. The van der Waals surface area contributed by atoms with Gasteiger partial charge in [-0.05, 0) is 29.8 Å². The third-order valence-electron chi connectivity index (χ3n) is 2.19. The van der Waals surface area contributed by atoms with E-state index in [-0.39, 0.29) is 5.69 Å². The van der Waals surface area contributed by atoms with Crippen molar-refractivity contribution < 1.29 is 9.90 Å². The van der Waals surface area contributed by atoms with Gasteiger partial charge in [-0.1, -0.05) is 6.07 Å². The molecule has 2 aromatic heterocycles. The number of carboxylic acid groups (broad SMARTS) is 1. The lowest BCUT2D eigenvalue weighted by atomic mass is 10.2. The molecule has 2 aromatic rings. The molecule has 0 saturated heterocycles. The zero-order valence-corrected chi connectivity index (χ0v) is 9.00. The molecular weight excluding hydrogens is 218 g/mol. The van der Waals surface area contributed by atoms with Crippen LogP contribution in [-0.4, -0.2) is 21.0 Å². The standard InChI is InChI=1S/C12H11N3O2/c16-12(17)10-2-1-3-11(15-10)14-8-9-4-6-13-7-5-9/h1-7H,8H2,(H,14,15)(H,16,17). The van der Waals surface area contributed by atoms with Crippen molar-refractivity contribution in [1.82, 2.24) is 9.97 Å². The van der Waals surface area contributed by atoms with Gasteiger partial charge in [0, 0.05) is 18.9 Å². The number of carbonyl (C=O) groups is 1. The summed E-state index contributed by atoms with van der Waals surface area (Å²) in [5, 5.41) is 11.8. The molecule has 0 radical (unpaired) electrons. The molecule has 17 heavy (non-hydrogen) atoms. The molecule has 5 heteroatoms. The minimum atomic E-state index is -1.03. The summed E-state index contributed by atoms with van der Waals surface area (Å²) in [5.74, 6) is -0.487. The van der Waals surface area contributed by atoms with Crippen LogP contribution in [0.2, 0.25) is 0 Å². The van der Waals surface area contributed by atoms with Crippen LogP contribution in [0.1, 0.15) is 16.1 Å². The Balaban J connectivity index is 2.04. The van der Waals surface area contributed by atoms with Gasteiger partial charge in [0.2, 0.25) is 0 Å². The Morgan fingerprint density at radius 3 is 2.71 bits per heavy atom. The number of pyridine rings is 2. The van der Waals surface area contributed by atoms with Crippen LogP contribution in [0.4, 0.5) is 5.82 Å². The van der Waals surface area contributed by atoms with Gasteiger partial charge in [0.05, 0.1) is 0 Å². The Hall–Kier alpha value is -2.43. The maximum atomic E-state index is 10.7. The third-order valence-corrected chi connectivity index (χ3v) is 2.19. The molecule has 0 aliphatic heterocycles. The van der Waals surface area contributed by atoms with Crippen molar-refractivity contribution in [3.8, 4) is 0 Å². The third kappa shape index (κ3) is 3.01. The lowest BCUT2D eigenvalue weighted by Gasteiger charge is -2.05. The number of anilines is 1. The van der Waals surface area contributed by atoms with Gasteiger partial charge in [-0.15, -0.1) is 0 Å². The Labute approximate surface area is 98.2 Å². The van der Waals surface area contributed by atoms with Crippen molar-refractivity contribution in [3.05, 3.63) is 54.0 Å². The van der Waals surface area contributed by atoms with E-state index in [1.807, 2.05) is 12.1 Å². The van der Waals surface area contributed by atoms with Crippen LogP contribution in [0.3, 0.4) is 0 Å². The van der Waals surface area contributed by atoms with E-state index in [4.69, 9.17) is 5.11 Å². The second-order valence-electron chi connectivity index (χ2n) is 3.42. The lowest BCUT2D eigenvalue weighted by Crippen LogP contribution is -2.05. The van der Waals surface area contributed by atoms with E-state index in [0.717, 1.165) is 5.56 Å². The van der Waals surface area contributed by atoms with Gasteiger partial charge >= 0.3 is 5.97 Å².